The van der Waals surface area contributed by atoms with Gasteiger partial charge in [0.05, 0.1) is 9.92 Å². The summed E-state index contributed by atoms with van der Waals surface area (Å²) in [4.78, 5) is 12.0. The Labute approximate surface area is 127 Å². The van der Waals surface area contributed by atoms with Gasteiger partial charge in [0.25, 0.3) is 10.0 Å². The highest BCUT2D eigenvalue weighted by Crippen LogP contribution is 2.25. The number of aromatic hydroxyl groups is 1. The third kappa shape index (κ3) is 2.56. The Balaban J connectivity index is 2.82. The summed E-state index contributed by atoms with van der Waals surface area (Å²) >= 11 is 5.61. The van der Waals surface area contributed by atoms with Crippen molar-refractivity contribution in [3.8, 4) is 5.75 Å². The number of halogens is 1. The molecule has 2 aromatic rings. The first-order valence-corrected chi connectivity index (χ1v) is 7.91. The first-order chi connectivity index (χ1) is 9.66. The van der Waals surface area contributed by atoms with Crippen LogP contribution in [0.2, 0.25) is 5.02 Å². The van der Waals surface area contributed by atoms with Crippen LogP contribution in [0.1, 0.15) is 16.7 Å². The Kier molecular flexibility index (Phi) is 3.86. The SMILES string of the molecule is Cc1cc(C)c(S(=O)(=O)n2ccc(Cl)c(O)c2=O)c(C)c1. The van der Waals surface area contributed by atoms with Gasteiger partial charge in [0.15, 0.2) is 0 Å². The van der Waals surface area contributed by atoms with Gasteiger partial charge in [-0.25, -0.2) is 12.4 Å². The molecule has 5 nitrogen and oxygen atoms in total. The lowest BCUT2D eigenvalue weighted by molar-refractivity contribution is 0.464. The van der Waals surface area contributed by atoms with Crippen molar-refractivity contribution in [3.05, 3.63) is 56.5 Å². The zero-order valence-electron chi connectivity index (χ0n) is 11.7. The zero-order chi connectivity index (χ0) is 15.9. The molecule has 0 unspecified atom stereocenters. The van der Waals surface area contributed by atoms with E-state index in [0.29, 0.717) is 15.1 Å². The van der Waals surface area contributed by atoms with Crippen LogP contribution in [-0.2, 0) is 10.0 Å². The number of pyridine rings is 1. The predicted octanol–water partition coefficient (Wildman–Crippen LogP) is 2.37. The molecule has 0 atom stereocenters. The molecule has 0 aliphatic rings. The van der Waals surface area contributed by atoms with E-state index < -0.39 is 21.3 Å². The Bertz CT molecular complexity index is 861. The molecular weight excluding hydrogens is 314 g/mol. The lowest BCUT2D eigenvalue weighted by Crippen LogP contribution is -2.27. The number of aryl methyl sites for hydroxylation is 3. The van der Waals surface area contributed by atoms with Crippen molar-refractivity contribution >= 4 is 21.6 Å². The molecule has 1 N–H and O–H groups in total. The fourth-order valence-corrected chi connectivity index (χ4v) is 4.14. The smallest absolute Gasteiger partial charge is 0.308 e. The molecule has 0 spiro atoms. The van der Waals surface area contributed by atoms with Crippen LogP contribution in [-0.4, -0.2) is 17.5 Å². The highest BCUT2D eigenvalue weighted by atomic mass is 35.5. The molecule has 21 heavy (non-hydrogen) atoms. The van der Waals surface area contributed by atoms with Gasteiger partial charge >= 0.3 is 5.56 Å². The van der Waals surface area contributed by atoms with Gasteiger partial charge in [0.1, 0.15) is 0 Å². The molecular formula is C14H14ClNO4S. The van der Waals surface area contributed by atoms with E-state index in [4.69, 9.17) is 11.6 Å². The maximum atomic E-state index is 12.7. The van der Waals surface area contributed by atoms with Crippen molar-refractivity contribution < 1.29 is 13.5 Å². The van der Waals surface area contributed by atoms with Crippen molar-refractivity contribution in [3.63, 3.8) is 0 Å². The Morgan fingerprint density at radius 3 is 2.19 bits per heavy atom. The normalized spacial score (nSPS) is 11.6. The second-order valence-electron chi connectivity index (χ2n) is 4.85. The summed E-state index contributed by atoms with van der Waals surface area (Å²) in [6.45, 7) is 5.18. The second kappa shape index (κ2) is 5.20. The monoisotopic (exact) mass is 327 g/mol. The molecule has 0 saturated heterocycles. The molecule has 0 radical (unpaired) electrons. The van der Waals surface area contributed by atoms with E-state index >= 15 is 0 Å². The number of nitrogens with zero attached hydrogens (tertiary/aromatic N) is 1. The van der Waals surface area contributed by atoms with E-state index in [2.05, 4.69) is 0 Å². The summed E-state index contributed by atoms with van der Waals surface area (Å²) < 4.78 is 25.9. The van der Waals surface area contributed by atoms with E-state index in [0.717, 1.165) is 17.8 Å². The average Bonchev–Trinajstić information content (AvgIpc) is 2.33. The molecule has 0 fully saturated rings. The van der Waals surface area contributed by atoms with E-state index in [1.165, 1.54) is 0 Å². The molecule has 1 aromatic carbocycles. The van der Waals surface area contributed by atoms with Gasteiger partial charge in [-0.2, -0.15) is 0 Å². The highest BCUT2D eigenvalue weighted by Gasteiger charge is 2.24. The second-order valence-corrected chi connectivity index (χ2v) is 7.01. The third-order valence-corrected chi connectivity index (χ3v) is 5.38. The number of aromatic nitrogens is 1. The summed E-state index contributed by atoms with van der Waals surface area (Å²) in [6, 6.07) is 4.61. The van der Waals surface area contributed by atoms with Crippen LogP contribution in [0.4, 0.5) is 0 Å². The van der Waals surface area contributed by atoms with Crippen molar-refractivity contribution in [2.45, 2.75) is 25.7 Å². The number of benzene rings is 1. The Morgan fingerprint density at radius 1 is 1.14 bits per heavy atom. The predicted molar refractivity (Wildman–Crippen MR) is 80.6 cm³/mol. The lowest BCUT2D eigenvalue weighted by atomic mass is 10.1. The minimum Gasteiger partial charge on any atom is -0.502 e. The van der Waals surface area contributed by atoms with Gasteiger partial charge in [-0.05, 0) is 38.0 Å². The van der Waals surface area contributed by atoms with Crippen LogP contribution >= 0.6 is 11.6 Å². The van der Waals surface area contributed by atoms with Gasteiger partial charge in [-0.15, -0.1) is 0 Å². The maximum absolute atomic E-state index is 12.7. The van der Waals surface area contributed by atoms with Gasteiger partial charge in [0.2, 0.25) is 5.75 Å². The van der Waals surface area contributed by atoms with Crippen LogP contribution in [0.3, 0.4) is 0 Å². The summed E-state index contributed by atoms with van der Waals surface area (Å²) in [5, 5.41) is 9.36. The molecule has 112 valence electrons. The largest absolute Gasteiger partial charge is 0.502 e. The van der Waals surface area contributed by atoms with Crippen LogP contribution in [0.25, 0.3) is 0 Å². The molecule has 0 aliphatic heterocycles. The molecule has 0 saturated carbocycles. The van der Waals surface area contributed by atoms with Gasteiger partial charge in [-0.3, -0.25) is 4.79 Å². The standard InChI is InChI=1S/C14H14ClNO4S/c1-8-6-9(2)13(10(3)7-8)21(19,20)16-5-4-11(15)12(17)14(16)18/h4-7,17H,1-3H3. The van der Waals surface area contributed by atoms with Crippen LogP contribution < -0.4 is 5.56 Å². The van der Waals surface area contributed by atoms with Crippen molar-refractivity contribution in [2.24, 2.45) is 0 Å². The van der Waals surface area contributed by atoms with Crippen LogP contribution in [0.15, 0.2) is 34.1 Å². The topological polar surface area (TPSA) is 76.4 Å². The van der Waals surface area contributed by atoms with Gasteiger partial charge in [-0.1, -0.05) is 29.3 Å². The summed E-state index contributed by atoms with van der Waals surface area (Å²) in [5.74, 6) is -0.787. The number of rotatable bonds is 2. The maximum Gasteiger partial charge on any atom is 0.308 e. The molecule has 0 bridgehead atoms. The quantitative estimate of drug-likeness (QED) is 0.918. The first kappa shape index (κ1) is 15.6. The molecule has 2 rings (SSSR count). The fraction of sp³-hybridized carbons (Fsp3) is 0.214. The lowest BCUT2D eigenvalue weighted by Gasteiger charge is -2.14. The Morgan fingerprint density at radius 2 is 1.67 bits per heavy atom. The Hall–Kier alpha value is -1.79. The number of hydrogen-bond acceptors (Lipinski definition) is 4. The summed E-state index contributed by atoms with van der Waals surface area (Å²) in [7, 11) is -4.10. The third-order valence-electron chi connectivity index (χ3n) is 3.11. The minimum atomic E-state index is -4.10. The first-order valence-electron chi connectivity index (χ1n) is 6.10. The number of hydrogen-bond donors (Lipinski definition) is 1. The van der Waals surface area contributed by atoms with Crippen molar-refractivity contribution in [1.29, 1.82) is 0 Å². The van der Waals surface area contributed by atoms with E-state index in [9.17, 15) is 18.3 Å². The van der Waals surface area contributed by atoms with Crippen LogP contribution in [0.5, 0.6) is 5.75 Å². The average molecular weight is 328 g/mol. The van der Waals surface area contributed by atoms with Gasteiger partial charge < -0.3 is 5.11 Å². The van der Waals surface area contributed by atoms with E-state index in [1.807, 2.05) is 6.92 Å². The van der Waals surface area contributed by atoms with Gasteiger partial charge in [0, 0.05) is 6.20 Å². The molecule has 1 heterocycles. The highest BCUT2D eigenvalue weighted by molar-refractivity contribution is 7.90. The minimum absolute atomic E-state index is 0.0527. The molecule has 1 aromatic heterocycles. The molecule has 7 heteroatoms. The van der Waals surface area contributed by atoms with E-state index in [-0.39, 0.29) is 9.92 Å². The van der Waals surface area contributed by atoms with E-state index in [1.54, 1.807) is 26.0 Å². The van der Waals surface area contributed by atoms with Crippen molar-refractivity contribution in [2.75, 3.05) is 0 Å². The van der Waals surface area contributed by atoms with Crippen molar-refractivity contribution in [1.82, 2.24) is 3.97 Å². The van der Waals surface area contributed by atoms with Crippen LogP contribution in [0, 0.1) is 20.8 Å². The zero-order valence-corrected chi connectivity index (χ0v) is 13.3. The fourth-order valence-electron chi connectivity index (χ4n) is 2.35. The molecule has 0 amide bonds. The summed E-state index contributed by atoms with van der Waals surface area (Å²) in [6.07, 6.45) is 1.04. The molecule has 0 aliphatic carbocycles. The summed E-state index contributed by atoms with van der Waals surface area (Å²) in [5.41, 5.74) is 0.930.